The minimum Gasteiger partial charge on any atom is -0.427 e. The molecule has 0 radical (unpaired) electrons. The summed E-state index contributed by atoms with van der Waals surface area (Å²) < 4.78 is 5.39. The van der Waals surface area contributed by atoms with Gasteiger partial charge in [0.2, 0.25) is 0 Å². The molecule has 0 saturated carbocycles. The lowest BCUT2D eigenvalue weighted by molar-refractivity contribution is 0.439. The Balaban J connectivity index is 2.65. The zero-order valence-corrected chi connectivity index (χ0v) is 9.56. The molecule has 0 atom stereocenters. The van der Waals surface area contributed by atoms with Crippen LogP contribution >= 0.6 is 0 Å². The fraction of sp³-hybridized carbons (Fsp3) is 0.615. The Bertz CT molecular complexity index is 415. The van der Waals surface area contributed by atoms with Crippen LogP contribution in [0.5, 0.6) is 0 Å². The van der Waals surface area contributed by atoms with Crippen molar-refractivity contribution in [1.29, 1.82) is 0 Å². The maximum atomic E-state index is 11.7. The first kappa shape index (κ1) is 10.5. The van der Waals surface area contributed by atoms with E-state index in [4.69, 9.17) is 4.42 Å². The van der Waals surface area contributed by atoms with Gasteiger partial charge < -0.3 is 4.42 Å². The molecule has 82 valence electrons. The van der Waals surface area contributed by atoms with Gasteiger partial charge in [0.15, 0.2) is 0 Å². The molecule has 2 rings (SSSR count). The van der Waals surface area contributed by atoms with Gasteiger partial charge in [0.05, 0.1) is 0 Å². The Kier molecular flexibility index (Phi) is 2.94. The molecule has 0 saturated heterocycles. The van der Waals surface area contributed by atoms with E-state index in [9.17, 15) is 4.79 Å². The molecule has 15 heavy (non-hydrogen) atoms. The molecule has 1 aliphatic carbocycles. The third kappa shape index (κ3) is 1.73. The van der Waals surface area contributed by atoms with Crippen molar-refractivity contribution in [3.8, 4) is 0 Å². The quantitative estimate of drug-likeness (QED) is 0.744. The van der Waals surface area contributed by atoms with E-state index < -0.39 is 0 Å². The molecular formula is C13H18O2. The van der Waals surface area contributed by atoms with Gasteiger partial charge in [-0.2, -0.15) is 0 Å². The molecule has 2 nitrogen and oxygen atoms in total. The van der Waals surface area contributed by atoms with Crippen molar-refractivity contribution < 1.29 is 4.42 Å². The van der Waals surface area contributed by atoms with E-state index >= 15 is 0 Å². The van der Waals surface area contributed by atoms with Crippen molar-refractivity contribution in [2.75, 3.05) is 0 Å². The van der Waals surface area contributed by atoms with Gasteiger partial charge in [-0.15, -0.1) is 0 Å². The second kappa shape index (κ2) is 4.21. The highest BCUT2D eigenvalue weighted by atomic mass is 16.4. The second-order valence-corrected chi connectivity index (χ2v) is 4.16. The highest BCUT2D eigenvalue weighted by Crippen LogP contribution is 2.26. The van der Waals surface area contributed by atoms with Crippen LogP contribution in [0.25, 0.3) is 0 Å². The van der Waals surface area contributed by atoms with Gasteiger partial charge in [-0.1, -0.05) is 13.8 Å². The normalized spacial score (nSPS) is 15.1. The molecule has 0 unspecified atom stereocenters. The van der Waals surface area contributed by atoms with Crippen LogP contribution < -0.4 is 5.63 Å². The lowest BCUT2D eigenvalue weighted by Gasteiger charge is -2.19. The summed E-state index contributed by atoms with van der Waals surface area (Å²) in [5.41, 5.74) is 3.45. The van der Waals surface area contributed by atoms with Crippen LogP contribution in [0.1, 0.15) is 49.1 Å². The third-order valence-corrected chi connectivity index (χ3v) is 3.31. The van der Waals surface area contributed by atoms with Gasteiger partial charge in [0.1, 0.15) is 5.76 Å². The van der Waals surface area contributed by atoms with Gasteiger partial charge in [0, 0.05) is 12.0 Å². The summed E-state index contributed by atoms with van der Waals surface area (Å²) >= 11 is 0. The molecule has 0 aromatic carbocycles. The van der Waals surface area contributed by atoms with Crippen LogP contribution in [-0.4, -0.2) is 0 Å². The first-order chi connectivity index (χ1) is 7.27. The molecule has 0 fully saturated rings. The maximum Gasteiger partial charge on any atom is 0.339 e. The standard InChI is InChI=1S/C13H18O2/c1-3-9-10-7-5-6-8-11(10)12(4-2)15-13(9)14/h3-8H2,1-2H3. The van der Waals surface area contributed by atoms with Crippen molar-refractivity contribution in [1.82, 2.24) is 0 Å². The number of hydrogen-bond acceptors (Lipinski definition) is 2. The lowest BCUT2D eigenvalue weighted by atomic mass is 9.87. The van der Waals surface area contributed by atoms with Gasteiger partial charge in [-0.25, -0.2) is 4.79 Å². The molecule has 0 N–H and O–H groups in total. The van der Waals surface area contributed by atoms with E-state index in [1.165, 1.54) is 24.0 Å². The van der Waals surface area contributed by atoms with Crippen molar-refractivity contribution in [3.05, 3.63) is 32.9 Å². The third-order valence-electron chi connectivity index (χ3n) is 3.31. The SMILES string of the molecule is CCc1oc(=O)c(CC)c2c1CCCC2. The van der Waals surface area contributed by atoms with E-state index in [-0.39, 0.29) is 5.63 Å². The minimum absolute atomic E-state index is 0.102. The van der Waals surface area contributed by atoms with Crippen LogP contribution in [0.15, 0.2) is 9.21 Å². The molecule has 1 aromatic heterocycles. The molecular weight excluding hydrogens is 188 g/mol. The lowest BCUT2D eigenvalue weighted by Crippen LogP contribution is -2.18. The Hall–Kier alpha value is -1.05. The summed E-state index contributed by atoms with van der Waals surface area (Å²) in [5, 5.41) is 0. The van der Waals surface area contributed by atoms with E-state index in [1.54, 1.807) is 0 Å². The smallest absolute Gasteiger partial charge is 0.339 e. The molecule has 0 amide bonds. The van der Waals surface area contributed by atoms with Crippen LogP contribution in [0, 0.1) is 0 Å². The number of hydrogen-bond donors (Lipinski definition) is 0. The van der Waals surface area contributed by atoms with Crippen LogP contribution in [-0.2, 0) is 25.7 Å². The van der Waals surface area contributed by atoms with E-state index in [1.807, 2.05) is 6.92 Å². The summed E-state index contributed by atoms with van der Waals surface area (Å²) in [6.45, 7) is 4.09. The molecule has 1 aliphatic rings. The van der Waals surface area contributed by atoms with Crippen LogP contribution in [0.2, 0.25) is 0 Å². The van der Waals surface area contributed by atoms with E-state index in [0.29, 0.717) is 0 Å². The monoisotopic (exact) mass is 206 g/mol. The number of rotatable bonds is 2. The van der Waals surface area contributed by atoms with Crippen molar-refractivity contribution >= 4 is 0 Å². The average Bonchev–Trinajstić information content (AvgIpc) is 2.28. The van der Waals surface area contributed by atoms with Gasteiger partial charge in [-0.05, 0) is 43.2 Å². The summed E-state index contributed by atoms with van der Waals surface area (Å²) in [6, 6.07) is 0. The second-order valence-electron chi connectivity index (χ2n) is 4.16. The molecule has 0 aliphatic heterocycles. The molecule has 2 heteroatoms. The van der Waals surface area contributed by atoms with E-state index in [2.05, 4.69) is 6.92 Å². The van der Waals surface area contributed by atoms with Gasteiger partial charge >= 0.3 is 5.63 Å². The molecule has 1 heterocycles. The fourth-order valence-corrected chi connectivity index (χ4v) is 2.55. The average molecular weight is 206 g/mol. The zero-order chi connectivity index (χ0) is 10.8. The highest BCUT2D eigenvalue weighted by Gasteiger charge is 2.19. The molecule has 0 bridgehead atoms. The summed E-state index contributed by atoms with van der Waals surface area (Å²) in [7, 11) is 0. The Morgan fingerprint density at radius 1 is 1.07 bits per heavy atom. The van der Waals surface area contributed by atoms with Crippen LogP contribution in [0.3, 0.4) is 0 Å². The van der Waals surface area contributed by atoms with Crippen molar-refractivity contribution in [2.24, 2.45) is 0 Å². The predicted octanol–water partition coefficient (Wildman–Crippen LogP) is 2.64. The van der Waals surface area contributed by atoms with E-state index in [0.717, 1.165) is 37.0 Å². The van der Waals surface area contributed by atoms with Crippen molar-refractivity contribution in [2.45, 2.75) is 52.4 Å². The Morgan fingerprint density at radius 2 is 1.73 bits per heavy atom. The van der Waals surface area contributed by atoms with Crippen molar-refractivity contribution in [3.63, 3.8) is 0 Å². The Morgan fingerprint density at radius 3 is 2.33 bits per heavy atom. The first-order valence-electron chi connectivity index (χ1n) is 5.94. The molecule has 1 aromatic rings. The number of aryl methyl sites for hydroxylation is 1. The van der Waals surface area contributed by atoms with Gasteiger partial charge in [-0.3, -0.25) is 0 Å². The first-order valence-corrected chi connectivity index (χ1v) is 5.94. The Labute approximate surface area is 90.3 Å². The highest BCUT2D eigenvalue weighted by molar-refractivity contribution is 5.36. The minimum atomic E-state index is -0.102. The largest absolute Gasteiger partial charge is 0.427 e. The summed E-state index contributed by atoms with van der Waals surface area (Å²) in [5.74, 6) is 0.923. The van der Waals surface area contributed by atoms with Crippen LogP contribution in [0.4, 0.5) is 0 Å². The zero-order valence-electron chi connectivity index (χ0n) is 9.56. The topological polar surface area (TPSA) is 30.2 Å². The predicted molar refractivity (Wildman–Crippen MR) is 60.4 cm³/mol. The maximum absolute atomic E-state index is 11.7. The number of fused-ring (bicyclic) bond motifs is 1. The summed E-state index contributed by atoms with van der Waals surface area (Å²) in [6.07, 6.45) is 6.24. The fourth-order valence-electron chi connectivity index (χ4n) is 2.55. The van der Waals surface area contributed by atoms with Gasteiger partial charge in [0.25, 0.3) is 0 Å². The summed E-state index contributed by atoms with van der Waals surface area (Å²) in [4.78, 5) is 11.7. The molecule has 0 spiro atoms.